The molecule has 1 aliphatic carbocycles. The molecular weight excluding hydrogens is 322 g/mol. The molecule has 134 valence electrons. The van der Waals surface area contributed by atoms with Crippen molar-refractivity contribution in [3.8, 4) is 0 Å². The molecule has 5 N–H and O–H groups in total. The molecule has 0 spiro atoms. The van der Waals surface area contributed by atoms with Gasteiger partial charge in [0.2, 0.25) is 11.8 Å². The molecular formula is C18H23N3O4. The molecule has 1 aliphatic heterocycles. The fourth-order valence-corrected chi connectivity index (χ4v) is 3.70. The third-order valence-electron chi connectivity index (χ3n) is 5.19. The highest BCUT2D eigenvalue weighted by Crippen LogP contribution is 2.28. The van der Waals surface area contributed by atoms with Crippen molar-refractivity contribution < 1.29 is 19.5 Å². The number of aliphatic carboxylic acids is 1. The maximum atomic E-state index is 12.5. The van der Waals surface area contributed by atoms with Gasteiger partial charge in [-0.25, -0.2) is 4.79 Å². The zero-order valence-electron chi connectivity index (χ0n) is 13.9. The number of benzene rings is 1. The molecule has 1 fully saturated rings. The average Bonchev–Trinajstić information content (AvgIpc) is 3.19. The van der Waals surface area contributed by atoms with Gasteiger partial charge in [0.15, 0.2) is 0 Å². The fraction of sp³-hybridized carbons (Fsp3) is 0.500. The number of nitrogens with two attached hydrogens (primary N) is 1. The SMILES string of the molecule is NC(C(=O)NC(C[C@@H]1CCNC1=O)C(=O)O)C1Cc2ccccc2C1. The summed E-state index contributed by atoms with van der Waals surface area (Å²) in [6.45, 7) is 0.545. The fourth-order valence-electron chi connectivity index (χ4n) is 3.70. The summed E-state index contributed by atoms with van der Waals surface area (Å²) in [7, 11) is 0. The first kappa shape index (κ1) is 17.4. The van der Waals surface area contributed by atoms with Crippen LogP contribution in [-0.2, 0) is 27.2 Å². The summed E-state index contributed by atoms with van der Waals surface area (Å²) >= 11 is 0. The van der Waals surface area contributed by atoms with Crippen LogP contribution in [0.4, 0.5) is 0 Å². The monoisotopic (exact) mass is 345 g/mol. The standard InChI is InChI=1S/C18H23N3O4/c19-15(13-7-10-3-1-2-4-11(10)8-13)17(23)21-14(18(24)25)9-12-5-6-20-16(12)22/h1-4,12-15H,5-9,19H2,(H,20,22)(H,21,23)(H,24,25)/t12-,14?,15?/m0/s1. The van der Waals surface area contributed by atoms with Crippen LogP contribution in [0.3, 0.4) is 0 Å². The normalized spacial score (nSPS) is 22.1. The largest absolute Gasteiger partial charge is 0.480 e. The molecule has 0 saturated carbocycles. The highest BCUT2D eigenvalue weighted by atomic mass is 16.4. The van der Waals surface area contributed by atoms with Crippen molar-refractivity contribution in [3.05, 3.63) is 35.4 Å². The molecule has 1 aromatic rings. The number of carbonyl (C=O) groups is 3. The molecule has 1 aromatic carbocycles. The quantitative estimate of drug-likeness (QED) is 0.570. The number of carboxylic acids is 1. The Kier molecular flexibility index (Phi) is 5.03. The predicted octanol–water partition coefficient (Wildman–Crippen LogP) is -0.176. The Morgan fingerprint density at radius 2 is 1.92 bits per heavy atom. The summed E-state index contributed by atoms with van der Waals surface area (Å²) in [6, 6.07) is 6.10. The van der Waals surface area contributed by atoms with Crippen LogP contribution < -0.4 is 16.4 Å². The van der Waals surface area contributed by atoms with Crippen LogP contribution in [0.1, 0.15) is 24.0 Å². The third kappa shape index (κ3) is 3.82. The minimum Gasteiger partial charge on any atom is -0.480 e. The summed E-state index contributed by atoms with van der Waals surface area (Å²) in [5, 5.41) is 14.6. The summed E-state index contributed by atoms with van der Waals surface area (Å²) in [6.07, 6.45) is 2.11. The molecule has 2 unspecified atom stereocenters. The molecule has 0 radical (unpaired) electrons. The Morgan fingerprint density at radius 3 is 2.44 bits per heavy atom. The van der Waals surface area contributed by atoms with E-state index in [4.69, 9.17) is 5.73 Å². The van der Waals surface area contributed by atoms with Crippen molar-refractivity contribution in [2.24, 2.45) is 17.6 Å². The van der Waals surface area contributed by atoms with Crippen LogP contribution >= 0.6 is 0 Å². The average molecular weight is 345 g/mol. The van der Waals surface area contributed by atoms with E-state index in [-0.39, 0.29) is 24.2 Å². The van der Waals surface area contributed by atoms with E-state index in [2.05, 4.69) is 10.6 Å². The number of carboxylic acid groups (broad SMARTS) is 1. The van der Waals surface area contributed by atoms with Crippen molar-refractivity contribution in [2.75, 3.05) is 6.54 Å². The molecule has 2 aliphatic rings. The Balaban J connectivity index is 1.59. The lowest BCUT2D eigenvalue weighted by Crippen LogP contribution is -2.52. The zero-order chi connectivity index (χ0) is 18.0. The second kappa shape index (κ2) is 7.23. The van der Waals surface area contributed by atoms with Gasteiger partial charge in [0.05, 0.1) is 6.04 Å². The van der Waals surface area contributed by atoms with Gasteiger partial charge >= 0.3 is 5.97 Å². The van der Waals surface area contributed by atoms with Crippen molar-refractivity contribution in [1.29, 1.82) is 0 Å². The minimum atomic E-state index is -1.14. The number of amides is 2. The van der Waals surface area contributed by atoms with Gasteiger partial charge in [-0.05, 0) is 42.7 Å². The first-order chi connectivity index (χ1) is 12.0. The van der Waals surface area contributed by atoms with Crippen molar-refractivity contribution in [2.45, 2.75) is 37.8 Å². The smallest absolute Gasteiger partial charge is 0.326 e. The maximum absolute atomic E-state index is 12.5. The van der Waals surface area contributed by atoms with Gasteiger partial charge in [-0.1, -0.05) is 24.3 Å². The lowest BCUT2D eigenvalue weighted by Gasteiger charge is -2.22. The highest BCUT2D eigenvalue weighted by molar-refractivity contribution is 5.88. The summed E-state index contributed by atoms with van der Waals surface area (Å²) < 4.78 is 0. The molecule has 25 heavy (non-hydrogen) atoms. The Morgan fingerprint density at radius 1 is 1.28 bits per heavy atom. The minimum absolute atomic E-state index is 0.0402. The molecule has 3 rings (SSSR count). The number of hydrogen-bond acceptors (Lipinski definition) is 4. The molecule has 2 amide bonds. The molecule has 7 heteroatoms. The number of nitrogens with one attached hydrogen (secondary N) is 2. The van der Waals surface area contributed by atoms with Gasteiger partial charge in [-0.15, -0.1) is 0 Å². The van der Waals surface area contributed by atoms with Gasteiger partial charge in [-0.3, -0.25) is 9.59 Å². The lowest BCUT2D eigenvalue weighted by molar-refractivity contribution is -0.143. The van der Waals surface area contributed by atoms with E-state index in [9.17, 15) is 19.5 Å². The lowest BCUT2D eigenvalue weighted by atomic mass is 9.95. The first-order valence-electron chi connectivity index (χ1n) is 8.59. The van der Waals surface area contributed by atoms with Crippen LogP contribution in [0, 0.1) is 11.8 Å². The van der Waals surface area contributed by atoms with Gasteiger partial charge in [0, 0.05) is 12.5 Å². The number of carbonyl (C=O) groups excluding carboxylic acids is 2. The van der Waals surface area contributed by atoms with E-state index in [1.54, 1.807) is 0 Å². The van der Waals surface area contributed by atoms with Crippen LogP contribution in [0.15, 0.2) is 24.3 Å². The molecule has 3 atom stereocenters. The van der Waals surface area contributed by atoms with E-state index in [1.165, 1.54) is 11.1 Å². The second-order valence-electron chi connectivity index (χ2n) is 6.87. The van der Waals surface area contributed by atoms with E-state index in [0.717, 1.165) is 0 Å². The first-order valence-corrected chi connectivity index (χ1v) is 8.59. The van der Waals surface area contributed by atoms with E-state index < -0.39 is 24.0 Å². The van der Waals surface area contributed by atoms with Gasteiger partial charge in [0.25, 0.3) is 0 Å². The Labute approximate surface area is 146 Å². The molecule has 1 saturated heterocycles. The summed E-state index contributed by atoms with van der Waals surface area (Å²) in [5.74, 6) is -2.19. The van der Waals surface area contributed by atoms with Crippen LogP contribution in [0.25, 0.3) is 0 Å². The second-order valence-corrected chi connectivity index (χ2v) is 6.87. The number of rotatable bonds is 6. The number of hydrogen-bond donors (Lipinski definition) is 4. The van der Waals surface area contributed by atoms with Crippen LogP contribution in [0.5, 0.6) is 0 Å². The third-order valence-corrected chi connectivity index (χ3v) is 5.19. The maximum Gasteiger partial charge on any atom is 0.326 e. The van der Waals surface area contributed by atoms with Gasteiger partial charge < -0.3 is 21.5 Å². The Hall–Kier alpha value is -2.41. The van der Waals surface area contributed by atoms with Crippen molar-refractivity contribution in [1.82, 2.24) is 10.6 Å². The Bertz CT molecular complexity index is 666. The van der Waals surface area contributed by atoms with Gasteiger partial charge in [-0.2, -0.15) is 0 Å². The van der Waals surface area contributed by atoms with Gasteiger partial charge in [0.1, 0.15) is 6.04 Å². The van der Waals surface area contributed by atoms with Crippen LogP contribution in [-0.4, -0.2) is 41.5 Å². The molecule has 7 nitrogen and oxygen atoms in total. The highest BCUT2D eigenvalue weighted by Gasteiger charge is 2.35. The molecule has 1 heterocycles. The van der Waals surface area contributed by atoms with E-state index in [1.807, 2.05) is 24.3 Å². The number of fused-ring (bicyclic) bond motifs is 1. The zero-order valence-corrected chi connectivity index (χ0v) is 13.9. The van der Waals surface area contributed by atoms with E-state index in [0.29, 0.717) is 25.8 Å². The molecule has 0 aromatic heterocycles. The topological polar surface area (TPSA) is 122 Å². The summed E-state index contributed by atoms with van der Waals surface area (Å²) in [5.41, 5.74) is 8.48. The molecule has 0 bridgehead atoms. The van der Waals surface area contributed by atoms with Crippen molar-refractivity contribution >= 4 is 17.8 Å². The predicted molar refractivity (Wildman–Crippen MR) is 90.6 cm³/mol. The van der Waals surface area contributed by atoms with Crippen molar-refractivity contribution in [3.63, 3.8) is 0 Å². The summed E-state index contributed by atoms with van der Waals surface area (Å²) in [4.78, 5) is 35.6. The van der Waals surface area contributed by atoms with E-state index >= 15 is 0 Å². The van der Waals surface area contributed by atoms with Crippen LogP contribution in [0.2, 0.25) is 0 Å².